The lowest BCUT2D eigenvalue weighted by molar-refractivity contribution is -0.130. The second kappa shape index (κ2) is 11.4. The summed E-state index contributed by atoms with van der Waals surface area (Å²) in [6.07, 6.45) is 3.52. The van der Waals surface area contributed by atoms with Gasteiger partial charge in [0.05, 0.1) is 6.42 Å². The Morgan fingerprint density at radius 2 is 1.59 bits per heavy atom. The fourth-order valence-corrected chi connectivity index (χ4v) is 3.70. The third-order valence-electron chi connectivity index (χ3n) is 5.31. The first-order valence-corrected chi connectivity index (χ1v) is 10.6. The molecule has 0 bridgehead atoms. The Balaban J connectivity index is 1.61. The molecule has 2 N–H and O–H groups in total. The highest BCUT2D eigenvalue weighted by atomic mass is 16.2. The maximum absolute atomic E-state index is 12.8. The van der Waals surface area contributed by atoms with Crippen LogP contribution in [0.15, 0.2) is 60.7 Å². The summed E-state index contributed by atoms with van der Waals surface area (Å²) in [7, 11) is 0. The Morgan fingerprint density at radius 3 is 2.34 bits per heavy atom. The van der Waals surface area contributed by atoms with Gasteiger partial charge >= 0.3 is 0 Å². The van der Waals surface area contributed by atoms with E-state index in [0.29, 0.717) is 19.4 Å². The van der Waals surface area contributed by atoms with E-state index in [1.165, 1.54) is 0 Å². The molecule has 0 spiro atoms. The second-order valence-corrected chi connectivity index (χ2v) is 7.58. The summed E-state index contributed by atoms with van der Waals surface area (Å²) in [5, 5.41) is 6.54. The number of hydrogen-bond donors (Lipinski definition) is 2. The van der Waals surface area contributed by atoms with Gasteiger partial charge in [-0.1, -0.05) is 60.7 Å². The first-order valence-electron chi connectivity index (χ1n) is 10.6. The monoisotopic (exact) mass is 393 g/mol. The van der Waals surface area contributed by atoms with E-state index in [2.05, 4.69) is 22.8 Å². The van der Waals surface area contributed by atoms with Gasteiger partial charge in [0.15, 0.2) is 0 Å². The summed E-state index contributed by atoms with van der Waals surface area (Å²) < 4.78 is 0. The van der Waals surface area contributed by atoms with Gasteiger partial charge in [0.2, 0.25) is 11.8 Å². The number of carbonyl (C=O) groups excluding carboxylic acids is 2. The number of nitrogens with one attached hydrogen (secondary N) is 2. The van der Waals surface area contributed by atoms with E-state index in [0.717, 1.165) is 50.0 Å². The minimum absolute atomic E-state index is 0.00887. The quantitative estimate of drug-likeness (QED) is 0.842. The van der Waals surface area contributed by atoms with Gasteiger partial charge in [-0.3, -0.25) is 9.59 Å². The smallest absolute Gasteiger partial charge is 0.226 e. The first-order chi connectivity index (χ1) is 14.2. The summed E-state index contributed by atoms with van der Waals surface area (Å²) in [4.78, 5) is 27.1. The lowest BCUT2D eigenvalue weighted by Gasteiger charge is -2.24. The fourth-order valence-electron chi connectivity index (χ4n) is 3.70. The van der Waals surface area contributed by atoms with Gasteiger partial charge in [-0.15, -0.1) is 0 Å². The molecule has 0 radical (unpaired) electrons. The van der Waals surface area contributed by atoms with Crippen LogP contribution >= 0.6 is 0 Å². The normalized spacial score (nSPS) is 19.4. The van der Waals surface area contributed by atoms with Crippen molar-refractivity contribution >= 4 is 11.8 Å². The molecule has 0 aliphatic carbocycles. The number of benzene rings is 2. The van der Waals surface area contributed by atoms with E-state index < -0.39 is 0 Å². The van der Waals surface area contributed by atoms with Crippen LogP contribution in [0.5, 0.6) is 0 Å². The average molecular weight is 394 g/mol. The van der Waals surface area contributed by atoms with Crippen LogP contribution in [0, 0.1) is 0 Å². The van der Waals surface area contributed by atoms with Crippen LogP contribution in [0.1, 0.15) is 42.9 Å². The minimum Gasteiger partial charge on any atom is -0.356 e. The maximum Gasteiger partial charge on any atom is 0.226 e. The largest absolute Gasteiger partial charge is 0.356 e. The van der Waals surface area contributed by atoms with Crippen molar-refractivity contribution in [1.82, 2.24) is 15.5 Å². The molecule has 1 heterocycles. The van der Waals surface area contributed by atoms with Crippen molar-refractivity contribution in [2.75, 3.05) is 26.2 Å². The molecule has 1 fully saturated rings. The molecule has 154 valence electrons. The van der Waals surface area contributed by atoms with E-state index in [9.17, 15) is 9.59 Å². The predicted octanol–water partition coefficient (Wildman–Crippen LogP) is 3.08. The molecule has 1 aliphatic heterocycles. The molecular weight excluding hydrogens is 362 g/mol. The van der Waals surface area contributed by atoms with Crippen molar-refractivity contribution in [3.63, 3.8) is 0 Å². The molecule has 1 saturated heterocycles. The summed E-state index contributed by atoms with van der Waals surface area (Å²) in [5.41, 5.74) is 2.17. The Morgan fingerprint density at radius 1 is 0.897 bits per heavy atom. The fraction of sp³-hybridized carbons (Fsp3) is 0.417. The second-order valence-electron chi connectivity index (χ2n) is 7.58. The molecule has 2 aromatic rings. The number of amides is 2. The van der Waals surface area contributed by atoms with E-state index >= 15 is 0 Å². The molecule has 5 heteroatoms. The summed E-state index contributed by atoms with van der Waals surface area (Å²) in [6.45, 7) is 2.90. The zero-order valence-electron chi connectivity index (χ0n) is 17.0. The van der Waals surface area contributed by atoms with Crippen molar-refractivity contribution in [2.45, 2.75) is 38.1 Å². The zero-order valence-corrected chi connectivity index (χ0v) is 17.0. The summed E-state index contributed by atoms with van der Waals surface area (Å²) in [5.74, 6) is 0.248. The van der Waals surface area contributed by atoms with Crippen molar-refractivity contribution in [1.29, 1.82) is 0 Å². The zero-order chi connectivity index (χ0) is 20.3. The van der Waals surface area contributed by atoms with E-state index in [-0.39, 0.29) is 17.9 Å². The SMILES string of the molecule is O=C1CC(c2ccccc2)NCCCN(C(=O)Cc2ccccc2)CCCCN1. The summed E-state index contributed by atoms with van der Waals surface area (Å²) >= 11 is 0. The number of carbonyl (C=O) groups is 2. The molecule has 5 nitrogen and oxygen atoms in total. The van der Waals surface area contributed by atoms with Gasteiger partial charge in [0, 0.05) is 32.1 Å². The van der Waals surface area contributed by atoms with Crippen molar-refractivity contribution < 1.29 is 9.59 Å². The standard InChI is InChI=1S/C24H31N3O2/c28-23-19-22(21-12-5-2-6-13-21)25-15-9-17-27(16-8-7-14-26-23)24(29)18-20-10-3-1-4-11-20/h1-6,10-13,22,25H,7-9,14-19H2,(H,26,28). The molecule has 3 rings (SSSR count). The Bertz CT molecular complexity index is 764. The number of nitrogens with zero attached hydrogens (tertiary/aromatic N) is 1. The molecule has 1 atom stereocenters. The molecule has 0 saturated carbocycles. The molecule has 29 heavy (non-hydrogen) atoms. The van der Waals surface area contributed by atoms with Gasteiger partial charge in [-0.05, 0) is 36.9 Å². The highest BCUT2D eigenvalue weighted by molar-refractivity contribution is 5.78. The van der Waals surface area contributed by atoms with Gasteiger partial charge < -0.3 is 15.5 Å². The Labute approximate surface area is 173 Å². The highest BCUT2D eigenvalue weighted by Gasteiger charge is 2.18. The topological polar surface area (TPSA) is 61.4 Å². The molecule has 1 aliphatic rings. The molecule has 2 aromatic carbocycles. The van der Waals surface area contributed by atoms with Crippen molar-refractivity contribution in [3.8, 4) is 0 Å². The van der Waals surface area contributed by atoms with Crippen LogP contribution in [0.2, 0.25) is 0 Å². The average Bonchev–Trinajstić information content (AvgIpc) is 2.76. The van der Waals surface area contributed by atoms with Gasteiger partial charge in [0.25, 0.3) is 0 Å². The summed E-state index contributed by atoms with van der Waals surface area (Å²) in [6, 6.07) is 20.0. The lowest BCUT2D eigenvalue weighted by atomic mass is 10.0. The third-order valence-corrected chi connectivity index (χ3v) is 5.31. The van der Waals surface area contributed by atoms with E-state index in [1.54, 1.807) is 0 Å². The van der Waals surface area contributed by atoms with Crippen LogP contribution in [0.3, 0.4) is 0 Å². The van der Waals surface area contributed by atoms with Gasteiger partial charge in [-0.25, -0.2) is 0 Å². The number of hydrogen-bond acceptors (Lipinski definition) is 3. The Hall–Kier alpha value is -2.66. The van der Waals surface area contributed by atoms with Crippen LogP contribution in [-0.4, -0.2) is 42.9 Å². The third kappa shape index (κ3) is 7.02. The van der Waals surface area contributed by atoms with E-state index in [4.69, 9.17) is 0 Å². The lowest BCUT2D eigenvalue weighted by Crippen LogP contribution is -2.36. The predicted molar refractivity (Wildman–Crippen MR) is 115 cm³/mol. The first kappa shape index (κ1) is 21.1. The van der Waals surface area contributed by atoms with Crippen LogP contribution in [0.4, 0.5) is 0 Å². The van der Waals surface area contributed by atoms with Gasteiger partial charge in [-0.2, -0.15) is 0 Å². The van der Waals surface area contributed by atoms with Gasteiger partial charge in [0.1, 0.15) is 0 Å². The maximum atomic E-state index is 12.8. The Kier molecular flexibility index (Phi) is 8.25. The molecule has 1 unspecified atom stereocenters. The van der Waals surface area contributed by atoms with Crippen molar-refractivity contribution in [2.24, 2.45) is 0 Å². The molecule has 2 amide bonds. The van der Waals surface area contributed by atoms with E-state index in [1.807, 2.05) is 53.4 Å². The van der Waals surface area contributed by atoms with Crippen LogP contribution in [-0.2, 0) is 16.0 Å². The number of rotatable bonds is 3. The van der Waals surface area contributed by atoms with Crippen molar-refractivity contribution in [3.05, 3.63) is 71.8 Å². The minimum atomic E-state index is -0.00887. The molecule has 0 aromatic heterocycles. The van der Waals surface area contributed by atoms with Crippen LogP contribution < -0.4 is 10.6 Å². The molecular formula is C24H31N3O2. The highest BCUT2D eigenvalue weighted by Crippen LogP contribution is 2.17. The van der Waals surface area contributed by atoms with Crippen LogP contribution in [0.25, 0.3) is 0 Å².